The summed E-state index contributed by atoms with van der Waals surface area (Å²) in [6.45, 7) is 9.40. The number of hydrogen-bond acceptors (Lipinski definition) is 3. The van der Waals surface area contributed by atoms with Gasteiger partial charge in [-0.2, -0.15) is 0 Å². The Bertz CT molecular complexity index is 426. The van der Waals surface area contributed by atoms with E-state index in [2.05, 4.69) is 17.1 Å². The molecule has 22 heavy (non-hydrogen) atoms. The predicted octanol–water partition coefficient (Wildman–Crippen LogP) is 3.20. The smallest absolute Gasteiger partial charge is 0.119 e. The number of nitrogens with one attached hydrogen (secondary N) is 1. The van der Waals surface area contributed by atoms with Crippen LogP contribution in [0.15, 0.2) is 30.3 Å². The van der Waals surface area contributed by atoms with Gasteiger partial charge in [-0.25, -0.2) is 0 Å². The van der Waals surface area contributed by atoms with E-state index in [4.69, 9.17) is 4.74 Å². The van der Waals surface area contributed by atoms with Gasteiger partial charge in [-0.05, 0) is 62.4 Å². The first-order chi connectivity index (χ1) is 10.2. The number of hydrogen-bond donors (Lipinski definition) is 1. The van der Waals surface area contributed by atoms with E-state index in [0.29, 0.717) is 5.41 Å². The van der Waals surface area contributed by atoms with E-state index in [1.807, 2.05) is 30.3 Å². The minimum atomic E-state index is 0. The SMILES string of the molecule is CC1(CN2CCC(COc3ccccc3)CC2)CCNC1.Cl. The van der Waals surface area contributed by atoms with Crippen molar-refractivity contribution < 1.29 is 4.74 Å². The van der Waals surface area contributed by atoms with Crippen LogP contribution < -0.4 is 10.1 Å². The van der Waals surface area contributed by atoms with Gasteiger partial charge in [-0.15, -0.1) is 12.4 Å². The molecular formula is C18H29ClN2O. The van der Waals surface area contributed by atoms with Gasteiger partial charge in [-0.1, -0.05) is 25.1 Å². The van der Waals surface area contributed by atoms with E-state index in [-0.39, 0.29) is 12.4 Å². The lowest BCUT2D eigenvalue weighted by molar-refractivity contribution is 0.107. The van der Waals surface area contributed by atoms with E-state index >= 15 is 0 Å². The van der Waals surface area contributed by atoms with Gasteiger partial charge >= 0.3 is 0 Å². The number of halogens is 1. The molecule has 4 heteroatoms. The first-order valence-electron chi connectivity index (χ1n) is 8.34. The standard InChI is InChI=1S/C18H28N2O.ClH/c1-18(9-10-19-14-18)15-20-11-7-16(8-12-20)13-21-17-5-3-2-4-6-17;/h2-6,16,19H,7-15H2,1H3;1H. The molecule has 3 rings (SSSR count). The first-order valence-corrected chi connectivity index (χ1v) is 8.34. The number of benzene rings is 1. The zero-order valence-corrected chi connectivity index (χ0v) is 14.4. The third-order valence-electron chi connectivity index (χ3n) is 5.00. The molecule has 1 N–H and O–H groups in total. The van der Waals surface area contributed by atoms with Crippen molar-refractivity contribution in [2.45, 2.75) is 26.2 Å². The van der Waals surface area contributed by atoms with Crippen LogP contribution in [0.2, 0.25) is 0 Å². The Morgan fingerprint density at radius 3 is 2.59 bits per heavy atom. The van der Waals surface area contributed by atoms with Gasteiger partial charge in [0.15, 0.2) is 0 Å². The molecule has 2 aliphatic rings. The highest BCUT2D eigenvalue weighted by Crippen LogP contribution is 2.28. The average Bonchev–Trinajstić information content (AvgIpc) is 2.94. The number of ether oxygens (including phenoxy) is 1. The molecule has 1 unspecified atom stereocenters. The minimum absolute atomic E-state index is 0. The second kappa shape index (κ2) is 8.19. The lowest BCUT2D eigenvalue weighted by Crippen LogP contribution is -2.42. The summed E-state index contributed by atoms with van der Waals surface area (Å²) < 4.78 is 5.91. The van der Waals surface area contributed by atoms with Crippen LogP contribution in [-0.4, -0.2) is 44.2 Å². The maximum absolute atomic E-state index is 5.91. The van der Waals surface area contributed by atoms with Gasteiger partial charge in [0.25, 0.3) is 0 Å². The van der Waals surface area contributed by atoms with Crippen LogP contribution in [0.4, 0.5) is 0 Å². The number of rotatable bonds is 5. The first kappa shape index (κ1) is 17.6. The summed E-state index contributed by atoms with van der Waals surface area (Å²) in [4.78, 5) is 2.66. The largest absolute Gasteiger partial charge is 0.493 e. The van der Waals surface area contributed by atoms with Crippen molar-refractivity contribution in [3.05, 3.63) is 30.3 Å². The Kier molecular flexibility index (Phi) is 6.54. The normalized spacial score (nSPS) is 26.6. The highest BCUT2D eigenvalue weighted by Gasteiger charge is 2.32. The summed E-state index contributed by atoms with van der Waals surface area (Å²) in [5.74, 6) is 1.72. The Hall–Kier alpha value is -0.770. The summed E-state index contributed by atoms with van der Waals surface area (Å²) in [6.07, 6.45) is 3.87. The van der Waals surface area contributed by atoms with Gasteiger partial charge in [0.1, 0.15) is 5.75 Å². The maximum atomic E-state index is 5.91. The fraction of sp³-hybridized carbons (Fsp3) is 0.667. The van der Waals surface area contributed by atoms with Crippen LogP contribution in [0.3, 0.4) is 0 Å². The summed E-state index contributed by atoms with van der Waals surface area (Å²) in [5, 5.41) is 3.50. The van der Waals surface area contributed by atoms with Crippen LogP contribution in [-0.2, 0) is 0 Å². The molecular weight excluding hydrogens is 296 g/mol. The molecule has 0 radical (unpaired) electrons. The van der Waals surface area contributed by atoms with Crippen molar-refractivity contribution in [1.29, 1.82) is 0 Å². The highest BCUT2D eigenvalue weighted by atomic mass is 35.5. The molecule has 1 atom stereocenters. The van der Waals surface area contributed by atoms with Crippen LogP contribution in [0.5, 0.6) is 5.75 Å². The third-order valence-corrected chi connectivity index (χ3v) is 5.00. The number of likely N-dealkylation sites (tertiary alicyclic amines) is 1. The summed E-state index contributed by atoms with van der Waals surface area (Å²) >= 11 is 0. The highest BCUT2D eigenvalue weighted by molar-refractivity contribution is 5.85. The average molecular weight is 325 g/mol. The predicted molar refractivity (Wildman–Crippen MR) is 93.9 cm³/mol. The van der Waals surface area contributed by atoms with E-state index in [0.717, 1.165) is 18.3 Å². The van der Waals surface area contributed by atoms with E-state index < -0.39 is 0 Å². The van der Waals surface area contributed by atoms with Crippen LogP contribution in [0.25, 0.3) is 0 Å². The summed E-state index contributed by atoms with van der Waals surface area (Å²) in [6, 6.07) is 10.2. The van der Waals surface area contributed by atoms with E-state index in [1.54, 1.807) is 0 Å². The molecule has 0 aliphatic carbocycles. The molecule has 0 aromatic heterocycles. The molecule has 1 aromatic carbocycles. The minimum Gasteiger partial charge on any atom is -0.493 e. The zero-order chi connectivity index (χ0) is 14.5. The van der Waals surface area contributed by atoms with Gasteiger partial charge < -0.3 is 15.0 Å². The number of nitrogens with zero attached hydrogens (tertiary/aromatic N) is 1. The topological polar surface area (TPSA) is 24.5 Å². The quantitative estimate of drug-likeness (QED) is 0.900. The molecule has 2 heterocycles. The summed E-state index contributed by atoms with van der Waals surface area (Å²) in [5.41, 5.74) is 0.493. The number of piperidine rings is 1. The fourth-order valence-electron chi connectivity index (χ4n) is 3.59. The van der Waals surface area contributed by atoms with Gasteiger partial charge in [0, 0.05) is 13.1 Å². The van der Waals surface area contributed by atoms with Crippen LogP contribution >= 0.6 is 12.4 Å². The maximum Gasteiger partial charge on any atom is 0.119 e. The van der Waals surface area contributed by atoms with Crippen molar-refractivity contribution in [3.8, 4) is 5.75 Å². The van der Waals surface area contributed by atoms with Crippen molar-refractivity contribution >= 4 is 12.4 Å². The molecule has 0 saturated carbocycles. The van der Waals surface area contributed by atoms with Crippen molar-refractivity contribution in [2.75, 3.05) is 39.3 Å². The van der Waals surface area contributed by atoms with E-state index in [9.17, 15) is 0 Å². The summed E-state index contributed by atoms with van der Waals surface area (Å²) in [7, 11) is 0. The second-order valence-electron chi connectivity index (χ2n) is 7.08. The molecule has 0 bridgehead atoms. The Labute approximate surface area is 140 Å². The van der Waals surface area contributed by atoms with Crippen molar-refractivity contribution in [2.24, 2.45) is 11.3 Å². The second-order valence-corrected chi connectivity index (χ2v) is 7.08. The lowest BCUT2D eigenvalue weighted by atomic mass is 9.87. The van der Waals surface area contributed by atoms with Gasteiger partial charge in [0.2, 0.25) is 0 Å². The Morgan fingerprint density at radius 2 is 1.95 bits per heavy atom. The molecule has 2 saturated heterocycles. The Morgan fingerprint density at radius 1 is 1.23 bits per heavy atom. The third kappa shape index (κ3) is 4.87. The van der Waals surface area contributed by atoms with Gasteiger partial charge in [-0.3, -0.25) is 0 Å². The molecule has 0 amide bonds. The van der Waals surface area contributed by atoms with Gasteiger partial charge in [0.05, 0.1) is 6.61 Å². The lowest BCUT2D eigenvalue weighted by Gasteiger charge is -2.37. The molecule has 0 spiro atoms. The zero-order valence-electron chi connectivity index (χ0n) is 13.6. The molecule has 124 valence electrons. The van der Waals surface area contributed by atoms with Crippen LogP contribution in [0, 0.1) is 11.3 Å². The monoisotopic (exact) mass is 324 g/mol. The fourth-order valence-corrected chi connectivity index (χ4v) is 3.59. The molecule has 3 nitrogen and oxygen atoms in total. The van der Waals surface area contributed by atoms with Crippen LogP contribution in [0.1, 0.15) is 26.2 Å². The molecule has 1 aromatic rings. The number of para-hydroxylation sites is 1. The Balaban J connectivity index is 0.00000176. The van der Waals surface area contributed by atoms with E-state index in [1.165, 1.54) is 52.0 Å². The molecule has 2 aliphatic heterocycles. The van der Waals surface area contributed by atoms with Crippen molar-refractivity contribution in [1.82, 2.24) is 10.2 Å². The molecule has 2 fully saturated rings. The van der Waals surface area contributed by atoms with Crippen molar-refractivity contribution in [3.63, 3.8) is 0 Å².